The Morgan fingerprint density at radius 1 is 1.15 bits per heavy atom. The summed E-state index contributed by atoms with van der Waals surface area (Å²) in [5.41, 5.74) is 3.30. The Morgan fingerprint density at radius 3 is 2.65 bits per heavy atom. The van der Waals surface area contributed by atoms with Gasteiger partial charge in [-0.3, -0.25) is 14.5 Å². The highest BCUT2D eigenvalue weighted by atomic mass is 16.5. The molecule has 0 atom stereocenters. The summed E-state index contributed by atoms with van der Waals surface area (Å²) >= 11 is 0. The van der Waals surface area contributed by atoms with Gasteiger partial charge in [0.2, 0.25) is 0 Å². The van der Waals surface area contributed by atoms with E-state index in [-0.39, 0.29) is 12.0 Å². The summed E-state index contributed by atoms with van der Waals surface area (Å²) in [4.78, 5) is 18.7. The number of benzene rings is 1. The molecule has 0 saturated carbocycles. The number of carbonyl (C=O) groups excluding carboxylic acids is 1. The fourth-order valence-corrected chi connectivity index (χ4v) is 3.04. The van der Waals surface area contributed by atoms with E-state index in [0.29, 0.717) is 18.8 Å². The number of hydrogen-bond donors (Lipinski definition) is 0. The first kappa shape index (κ1) is 16.3. The van der Waals surface area contributed by atoms with Crippen molar-refractivity contribution in [2.24, 2.45) is 7.05 Å². The van der Waals surface area contributed by atoms with Crippen LogP contribution in [0.25, 0.3) is 11.3 Å². The molecular weight excluding hydrogens is 328 g/mol. The van der Waals surface area contributed by atoms with E-state index in [2.05, 4.69) is 10.1 Å². The van der Waals surface area contributed by atoms with Crippen molar-refractivity contribution >= 4 is 5.91 Å². The Bertz CT molecular complexity index is 930. The van der Waals surface area contributed by atoms with Crippen molar-refractivity contribution in [3.05, 3.63) is 66.1 Å². The van der Waals surface area contributed by atoms with Crippen LogP contribution in [0.15, 0.2) is 54.7 Å². The molecule has 0 unspecified atom stereocenters. The molecule has 6 nitrogen and oxygen atoms in total. The number of pyridine rings is 1. The van der Waals surface area contributed by atoms with Crippen LogP contribution >= 0.6 is 0 Å². The smallest absolute Gasteiger partial charge is 0.272 e. The number of aromatic nitrogens is 3. The van der Waals surface area contributed by atoms with Crippen molar-refractivity contribution in [2.45, 2.75) is 13.0 Å². The van der Waals surface area contributed by atoms with Crippen molar-refractivity contribution in [2.75, 3.05) is 13.1 Å². The van der Waals surface area contributed by atoms with E-state index in [0.717, 1.165) is 22.7 Å². The van der Waals surface area contributed by atoms with Gasteiger partial charge in [-0.25, -0.2) is 0 Å². The number of likely N-dealkylation sites (tertiary alicyclic amines) is 1. The van der Waals surface area contributed by atoms with E-state index in [4.69, 9.17) is 4.74 Å². The second-order valence-electron chi connectivity index (χ2n) is 6.49. The van der Waals surface area contributed by atoms with Gasteiger partial charge >= 0.3 is 0 Å². The molecule has 1 aromatic carbocycles. The molecule has 1 saturated heterocycles. The second-order valence-corrected chi connectivity index (χ2v) is 6.49. The Labute approximate surface area is 152 Å². The largest absolute Gasteiger partial charge is 0.487 e. The standard InChI is InChI=1S/C20H20N4O2/c1-14-10-16(8-9-21-14)26-17-12-24(13-17)20(25)19-11-18(22-23(19)2)15-6-4-3-5-7-15/h3-11,17H,12-13H2,1-2H3. The average molecular weight is 348 g/mol. The van der Waals surface area contributed by atoms with Crippen molar-refractivity contribution in [3.8, 4) is 17.0 Å². The summed E-state index contributed by atoms with van der Waals surface area (Å²) < 4.78 is 7.54. The monoisotopic (exact) mass is 348 g/mol. The van der Waals surface area contributed by atoms with Crippen LogP contribution in [0.5, 0.6) is 5.75 Å². The Morgan fingerprint density at radius 2 is 1.92 bits per heavy atom. The van der Waals surface area contributed by atoms with Gasteiger partial charge in [-0.2, -0.15) is 5.10 Å². The molecule has 3 aromatic rings. The molecule has 132 valence electrons. The third-order valence-electron chi connectivity index (χ3n) is 4.47. The van der Waals surface area contributed by atoms with E-state index in [1.165, 1.54) is 0 Å². The van der Waals surface area contributed by atoms with Gasteiger partial charge in [0.25, 0.3) is 5.91 Å². The minimum atomic E-state index is -0.0204. The number of carbonyl (C=O) groups is 1. The highest BCUT2D eigenvalue weighted by molar-refractivity contribution is 5.94. The number of aryl methyl sites for hydroxylation is 2. The van der Waals surface area contributed by atoms with Crippen molar-refractivity contribution in [1.29, 1.82) is 0 Å². The fourth-order valence-electron chi connectivity index (χ4n) is 3.04. The summed E-state index contributed by atoms with van der Waals surface area (Å²) in [6.45, 7) is 3.08. The SMILES string of the molecule is Cc1cc(OC2CN(C(=O)c3cc(-c4ccccc4)nn3C)C2)ccn1. The maximum Gasteiger partial charge on any atom is 0.272 e. The molecule has 0 N–H and O–H groups in total. The van der Waals surface area contributed by atoms with E-state index < -0.39 is 0 Å². The molecule has 1 aliphatic heterocycles. The van der Waals surface area contributed by atoms with Crippen LogP contribution in [-0.4, -0.2) is 44.8 Å². The van der Waals surface area contributed by atoms with Crippen LogP contribution in [0.2, 0.25) is 0 Å². The molecule has 1 aliphatic rings. The molecule has 0 radical (unpaired) electrons. The number of amides is 1. The van der Waals surface area contributed by atoms with E-state index in [9.17, 15) is 4.79 Å². The normalized spacial score (nSPS) is 14.2. The number of rotatable bonds is 4. The van der Waals surface area contributed by atoms with Gasteiger partial charge in [0, 0.05) is 30.6 Å². The van der Waals surface area contributed by atoms with Gasteiger partial charge in [-0.15, -0.1) is 0 Å². The molecule has 0 aliphatic carbocycles. The van der Waals surface area contributed by atoms with Crippen molar-refractivity contribution in [3.63, 3.8) is 0 Å². The molecule has 1 fully saturated rings. The summed E-state index contributed by atoms with van der Waals surface area (Å²) in [7, 11) is 1.80. The minimum absolute atomic E-state index is 0.0163. The zero-order valence-corrected chi connectivity index (χ0v) is 14.8. The Balaban J connectivity index is 1.41. The van der Waals surface area contributed by atoms with Gasteiger partial charge in [0.1, 0.15) is 17.5 Å². The Kier molecular flexibility index (Phi) is 4.16. The second kappa shape index (κ2) is 6.63. The molecule has 6 heteroatoms. The molecule has 4 rings (SSSR count). The topological polar surface area (TPSA) is 60.2 Å². The summed E-state index contributed by atoms with van der Waals surface area (Å²) in [5.74, 6) is 0.773. The highest BCUT2D eigenvalue weighted by Crippen LogP contribution is 2.23. The van der Waals surface area contributed by atoms with Crippen LogP contribution in [0.4, 0.5) is 0 Å². The van der Waals surface area contributed by atoms with E-state index in [1.807, 2.05) is 55.5 Å². The Hall–Kier alpha value is -3.15. The highest BCUT2D eigenvalue weighted by Gasteiger charge is 2.34. The van der Waals surface area contributed by atoms with Crippen molar-refractivity contribution < 1.29 is 9.53 Å². The van der Waals surface area contributed by atoms with Crippen LogP contribution in [-0.2, 0) is 7.05 Å². The summed E-state index contributed by atoms with van der Waals surface area (Å²) in [6.07, 6.45) is 1.75. The molecule has 0 bridgehead atoms. The first-order valence-corrected chi connectivity index (χ1v) is 8.58. The van der Waals surface area contributed by atoms with Crippen LogP contribution in [0.1, 0.15) is 16.2 Å². The lowest BCUT2D eigenvalue weighted by Gasteiger charge is -2.38. The maximum atomic E-state index is 12.7. The lowest BCUT2D eigenvalue weighted by atomic mass is 10.1. The third-order valence-corrected chi connectivity index (χ3v) is 4.47. The predicted molar refractivity (Wildman–Crippen MR) is 97.9 cm³/mol. The van der Waals surface area contributed by atoms with Gasteiger partial charge in [-0.05, 0) is 19.1 Å². The number of nitrogens with zero attached hydrogens (tertiary/aromatic N) is 4. The number of hydrogen-bond acceptors (Lipinski definition) is 4. The zero-order chi connectivity index (χ0) is 18.1. The average Bonchev–Trinajstić information content (AvgIpc) is 3.00. The molecule has 3 heterocycles. The molecule has 0 spiro atoms. The lowest BCUT2D eigenvalue weighted by Crippen LogP contribution is -2.56. The van der Waals surface area contributed by atoms with Crippen LogP contribution < -0.4 is 4.74 Å². The first-order chi connectivity index (χ1) is 12.6. The predicted octanol–water partition coefficient (Wildman–Crippen LogP) is 2.69. The molecule has 2 aromatic heterocycles. The molecule has 26 heavy (non-hydrogen) atoms. The van der Waals surface area contributed by atoms with E-state index >= 15 is 0 Å². The zero-order valence-electron chi connectivity index (χ0n) is 14.8. The van der Waals surface area contributed by atoms with Gasteiger partial charge in [-0.1, -0.05) is 30.3 Å². The molecular formula is C20H20N4O2. The van der Waals surface area contributed by atoms with Gasteiger partial charge in [0.15, 0.2) is 0 Å². The van der Waals surface area contributed by atoms with Crippen LogP contribution in [0, 0.1) is 6.92 Å². The summed E-state index contributed by atoms with van der Waals surface area (Å²) in [6, 6.07) is 15.4. The minimum Gasteiger partial charge on any atom is -0.487 e. The van der Waals surface area contributed by atoms with Gasteiger partial charge in [0.05, 0.1) is 18.8 Å². The van der Waals surface area contributed by atoms with E-state index in [1.54, 1.807) is 22.8 Å². The fraction of sp³-hybridized carbons (Fsp3) is 0.250. The maximum absolute atomic E-state index is 12.7. The van der Waals surface area contributed by atoms with Crippen molar-refractivity contribution in [1.82, 2.24) is 19.7 Å². The summed E-state index contributed by atoms with van der Waals surface area (Å²) in [5, 5.41) is 4.47. The third kappa shape index (κ3) is 3.18. The van der Waals surface area contributed by atoms with Gasteiger partial charge < -0.3 is 9.64 Å². The number of ether oxygens (including phenoxy) is 1. The van der Waals surface area contributed by atoms with Crippen LogP contribution in [0.3, 0.4) is 0 Å². The molecule has 1 amide bonds. The lowest BCUT2D eigenvalue weighted by molar-refractivity contribution is 0.0169. The quantitative estimate of drug-likeness (QED) is 0.727. The first-order valence-electron chi connectivity index (χ1n) is 8.58.